The quantitative estimate of drug-likeness (QED) is 0.900. The SMILES string of the molecule is O=C(NCCC1CCNC1)c1csc2ccccc12. The molecule has 3 rings (SSSR count). The summed E-state index contributed by atoms with van der Waals surface area (Å²) < 4.78 is 1.17. The Bertz CT molecular complexity index is 572. The van der Waals surface area contributed by atoms with Crippen molar-refractivity contribution < 1.29 is 4.79 Å². The lowest BCUT2D eigenvalue weighted by molar-refractivity contribution is 0.0953. The molecule has 1 aromatic carbocycles. The lowest BCUT2D eigenvalue weighted by atomic mass is 10.1. The van der Waals surface area contributed by atoms with E-state index in [9.17, 15) is 4.79 Å². The molecule has 0 spiro atoms. The first-order valence-corrected chi connectivity index (χ1v) is 7.68. The maximum Gasteiger partial charge on any atom is 0.252 e. The van der Waals surface area contributed by atoms with E-state index in [4.69, 9.17) is 0 Å². The van der Waals surface area contributed by atoms with Gasteiger partial charge in [-0.3, -0.25) is 4.79 Å². The molecule has 1 aliphatic heterocycles. The molecule has 0 aliphatic carbocycles. The van der Waals surface area contributed by atoms with Gasteiger partial charge in [0, 0.05) is 22.0 Å². The van der Waals surface area contributed by atoms with Crippen molar-refractivity contribution in [1.29, 1.82) is 0 Å². The molecular formula is C15H18N2OS. The van der Waals surface area contributed by atoms with Crippen molar-refractivity contribution in [1.82, 2.24) is 10.6 Å². The van der Waals surface area contributed by atoms with Crippen LogP contribution in [-0.4, -0.2) is 25.5 Å². The number of amides is 1. The molecule has 1 unspecified atom stereocenters. The molecule has 0 bridgehead atoms. The number of thiophene rings is 1. The zero-order valence-corrected chi connectivity index (χ0v) is 11.6. The lowest BCUT2D eigenvalue weighted by Crippen LogP contribution is -2.26. The van der Waals surface area contributed by atoms with Gasteiger partial charge in [-0.15, -0.1) is 11.3 Å². The van der Waals surface area contributed by atoms with Crippen LogP contribution in [0.5, 0.6) is 0 Å². The third-order valence-corrected chi connectivity index (χ3v) is 4.69. The predicted octanol–water partition coefficient (Wildman–Crippen LogP) is 2.63. The summed E-state index contributed by atoms with van der Waals surface area (Å²) in [6.07, 6.45) is 2.30. The third kappa shape index (κ3) is 2.80. The second-order valence-electron chi connectivity index (χ2n) is 5.05. The van der Waals surface area contributed by atoms with Crippen LogP contribution in [0.15, 0.2) is 29.6 Å². The number of fused-ring (bicyclic) bond motifs is 1. The van der Waals surface area contributed by atoms with Crippen molar-refractivity contribution in [2.75, 3.05) is 19.6 Å². The Morgan fingerprint density at radius 2 is 2.32 bits per heavy atom. The van der Waals surface area contributed by atoms with E-state index in [-0.39, 0.29) is 5.91 Å². The summed E-state index contributed by atoms with van der Waals surface area (Å²) >= 11 is 1.63. The predicted molar refractivity (Wildman–Crippen MR) is 79.8 cm³/mol. The fourth-order valence-electron chi connectivity index (χ4n) is 2.60. The van der Waals surface area contributed by atoms with Gasteiger partial charge in [0.2, 0.25) is 0 Å². The van der Waals surface area contributed by atoms with Gasteiger partial charge in [-0.1, -0.05) is 18.2 Å². The average Bonchev–Trinajstić information content (AvgIpc) is 3.07. The summed E-state index contributed by atoms with van der Waals surface area (Å²) in [4.78, 5) is 12.2. The molecule has 2 aromatic rings. The van der Waals surface area contributed by atoms with Crippen molar-refractivity contribution in [3.8, 4) is 0 Å². The van der Waals surface area contributed by atoms with Crippen molar-refractivity contribution in [3.63, 3.8) is 0 Å². The maximum atomic E-state index is 12.2. The van der Waals surface area contributed by atoms with Gasteiger partial charge in [0.1, 0.15) is 0 Å². The van der Waals surface area contributed by atoms with Crippen molar-refractivity contribution in [3.05, 3.63) is 35.2 Å². The first-order chi connectivity index (χ1) is 9.34. The Morgan fingerprint density at radius 1 is 1.42 bits per heavy atom. The minimum absolute atomic E-state index is 0.0587. The highest BCUT2D eigenvalue weighted by molar-refractivity contribution is 7.17. The van der Waals surface area contributed by atoms with Gasteiger partial charge in [-0.05, 0) is 37.9 Å². The lowest BCUT2D eigenvalue weighted by Gasteiger charge is -2.09. The van der Waals surface area contributed by atoms with E-state index in [1.807, 2.05) is 23.6 Å². The number of carbonyl (C=O) groups is 1. The number of hydrogen-bond acceptors (Lipinski definition) is 3. The van der Waals surface area contributed by atoms with Crippen LogP contribution < -0.4 is 10.6 Å². The Hall–Kier alpha value is -1.39. The van der Waals surface area contributed by atoms with E-state index in [2.05, 4.69) is 16.7 Å². The molecule has 2 heterocycles. The number of hydrogen-bond donors (Lipinski definition) is 2. The summed E-state index contributed by atoms with van der Waals surface area (Å²) in [5.41, 5.74) is 0.810. The van der Waals surface area contributed by atoms with Crippen LogP contribution in [0.25, 0.3) is 10.1 Å². The van der Waals surface area contributed by atoms with Gasteiger partial charge in [-0.2, -0.15) is 0 Å². The molecule has 100 valence electrons. The van der Waals surface area contributed by atoms with Gasteiger partial charge >= 0.3 is 0 Å². The largest absolute Gasteiger partial charge is 0.352 e. The van der Waals surface area contributed by atoms with Crippen LogP contribution in [-0.2, 0) is 0 Å². The minimum Gasteiger partial charge on any atom is -0.352 e. The first kappa shape index (κ1) is 12.6. The van der Waals surface area contributed by atoms with Crippen LogP contribution in [0.2, 0.25) is 0 Å². The maximum absolute atomic E-state index is 12.2. The summed E-state index contributed by atoms with van der Waals surface area (Å²) in [6, 6.07) is 8.06. The molecule has 2 N–H and O–H groups in total. The normalized spacial score (nSPS) is 18.8. The molecule has 0 saturated carbocycles. The van der Waals surface area contributed by atoms with Gasteiger partial charge < -0.3 is 10.6 Å². The molecular weight excluding hydrogens is 256 g/mol. The number of benzene rings is 1. The van der Waals surface area contributed by atoms with E-state index in [1.54, 1.807) is 11.3 Å². The molecule has 1 aromatic heterocycles. The summed E-state index contributed by atoms with van der Waals surface area (Å²) in [5.74, 6) is 0.780. The van der Waals surface area contributed by atoms with E-state index >= 15 is 0 Å². The standard InChI is InChI=1S/C15H18N2OS/c18-15(17-8-6-11-5-7-16-9-11)13-10-19-14-4-2-1-3-12(13)14/h1-4,10-11,16H,5-9H2,(H,17,18). The van der Waals surface area contributed by atoms with E-state index in [0.717, 1.165) is 42.9 Å². The molecule has 1 amide bonds. The number of carbonyl (C=O) groups excluding carboxylic acids is 1. The highest BCUT2D eigenvalue weighted by Gasteiger charge is 2.15. The molecule has 19 heavy (non-hydrogen) atoms. The fraction of sp³-hybridized carbons (Fsp3) is 0.400. The zero-order chi connectivity index (χ0) is 13.1. The molecule has 0 radical (unpaired) electrons. The van der Waals surface area contributed by atoms with Crippen LogP contribution >= 0.6 is 11.3 Å². The van der Waals surface area contributed by atoms with Crippen molar-refractivity contribution >= 4 is 27.3 Å². The second-order valence-corrected chi connectivity index (χ2v) is 5.96. The Kier molecular flexibility index (Phi) is 3.80. The highest BCUT2D eigenvalue weighted by atomic mass is 32.1. The van der Waals surface area contributed by atoms with Crippen molar-refractivity contribution in [2.45, 2.75) is 12.8 Å². The Balaban J connectivity index is 1.60. The molecule has 1 aliphatic rings. The molecule has 1 fully saturated rings. The van der Waals surface area contributed by atoms with Crippen LogP contribution in [0.1, 0.15) is 23.2 Å². The number of rotatable bonds is 4. The molecule has 3 nitrogen and oxygen atoms in total. The van der Waals surface area contributed by atoms with E-state index in [0.29, 0.717) is 0 Å². The van der Waals surface area contributed by atoms with Gasteiger partial charge in [0.05, 0.1) is 5.56 Å². The number of nitrogens with one attached hydrogen (secondary N) is 2. The Morgan fingerprint density at radius 3 is 3.16 bits per heavy atom. The van der Waals surface area contributed by atoms with Gasteiger partial charge in [-0.25, -0.2) is 0 Å². The summed E-state index contributed by atoms with van der Waals surface area (Å²) in [7, 11) is 0. The van der Waals surface area contributed by atoms with Gasteiger partial charge in [0.15, 0.2) is 0 Å². The third-order valence-electron chi connectivity index (χ3n) is 3.73. The minimum atomic E-state index is 0.0587. The topological polar surface area (TPSA) is 41.1 Å². The second kappa shape index (κ2) is 5.72. The first-order valence-electron chi connectivity index (χ1n) is 6.80. The Labute approximate surface area is 117 Å². The van der Waals surface area contributed by atoms with Crippen LogP contribution in [0, 0.1) is 5.92 Å². The molecule has 1 atom stereocenters. The average molecular weight is 274 g/mol. The highest BCUT2D eigenvalue weighted by Crippen LogP contribution is 2.25. The van der Waals surface area contributed by atoms with Crippen LogP contribution in [0.4, 0.5) is 0 Å². The molecule has 1 saturated heterocycles. The van der Waals surface area contributed by atoms with E-state index in [1.165, 1.54) is 11.1 Å². The summed E-state index contributed by atoms with van der Waals surface area (Å²) in [5, 5.41) is 9.41. The van der Waals surface area contributed by atoms with E-state index < -0.39 is 0 Å². The monoisotopic (exact) mass is 274 g/mol. The zero-order valence-electron chi connectivity index (χ0n) is 10.8. The molecule has 4 heteroatoms. The van der Waals surface area contributed by atoms with Crippen molar-refractivity contribution in [2.24, 2.45) is 5.92 Å². The smallest absolute Gasteiger partial charge is 0.252 e. The van der Waals surface area contributed by atoms with Crippen LogP contribution in [0.3, 0.4) is 0 Å². The van der Waals surface area contributed by atoms with Gasteiger partial charge in [0.25, 0.3) is 5.91 Å². The summed E-state index contributed by atoms with van der Waals surface area (Å²) in [6.45, 7) is 2.99. The fourth-order valence-corrected chi connectivity index (χ4v) is 3.54.